The van der Waals surface area contributed by atoms with Gasteiger partial charge in [0.05, 0.1) is 24.5 Å². The van der Waals surface area contributed by atoms with Gasteiger partial charge in [-0.3, -0.25) is 9.10 Å². The molecule has 6 nitrogen and oxygen atoms in total. The second-order valence-corrected chi connectivity index (χ2v) is 10.3. The van der Waals surface area contributed by atoms with Crippen molar-refractivity contribution in [2.45, 2.75) is 44.8 Å². The molecule has 0 saturated carbocycles. The molecule has 1 amide bonds. The molecule has 1 N–H and O–H groups in total. The average Bonchev–Trinajstić information content (AvgIpc) is 2.71. The van der Waals surface area contributed by atoms with Gasteiger partial charge in [0.25, 0.3) is 5.91 Å². The van der Waals surface area contributed by atoms with Gasteiger partial charge in [-0.05, 0) is 67.5 Å². The van der Waals surface area contributed by atoms with Gasteiger partial charge in [-0.2, -0.15) is 0 Å². The van der Waals surface area contributed by atoms with Crippen molar-refractivity contribution >= 4 is 33.2 Å². The van der Waals surface area contributed by atoms with E-state index in [9.17, 15) is 13.2 Å². The topological polar surface area (TPSA) is 75.7 Å². The average molecular weight is 449 g/mol. The van der Waals surface area contributed by atoms with Crippen LogP contribution in [0.3, 0.4) is 0 Å². The number of carbonyl (C=O) groups excluding carboxylic acids is 1. The minimum Gasteiger partial charge on any atom is -0.476 e. The number of nitrogens with zero attached hydrogens (tertiary/aromatic N) is 1. The van der Waals surface area contributed by atoms with Crippen LogP contribution in [-0.2, 0) is 27.7 Å². The van der Waals surface area contributed by atoms with Gasteiger partial charge in [0.1, 0.15) is 5.75 Å². The predicted molar refractivity (Wildman–Crippen MR) is 118 cm³/mol. The maximum atomic E-state index is 12.9. The maximum Gasteiger partial charge on any atom is 0.263 e. The first-order valence-electron chi connectivity index (χ1n) is 10.1. The standard InChI is InChI=1S/C22H25ClN2O4S/c1-14(16-8-7-15-5-3-4-6-17(15)11-16)24-22(26)21-13-25(30(2,27)28)19-12-18(23)9-10-20(19)29-21/h7-12,14,21H,3-6,13H2,1-2H3,(H,24,26)/t14-,21+/m1/s1. The summed E-state index contributed by atoms with van der Waals surface area (Å²) in [6, 6.07) is 10.9. The molecule has 2 atom stereocenters. The van der Waals surface area contributed by atoms with E-state index in [1.165, 1.54) is 34.3 Å². The third-order valence-electron chi connectivity index (χ3n) is 5.71. The summed E-state index contributed by atoms with van der Waals surface area (Å²) in [4.78, 5) is 12.9. The van der Waals surface area contributed by atoms with Crippen LogP contribution < -0.4 is 14.4 Å². The van der Waals surface area contributed by atoms with Crippen molar-refractivity contribution in [2.75, 3.05) is 17.1 Å². The molecule has 1 heterocycles. The molecule has 0 radical (unpaired) electrons. The summed E-state index contributed by atoms with van der Waals surface area (Å²) in [5.41, 5.74) is 4.12. The molecule has 0 bridgehead atoms. The molecule has 1 aliphatic carbocycles. The van der Waals surface area contributed by atoms with E-state index in [4.69, 9.17) is 16.3 Å². The van der Waals surface area contributed by atoms with Crippen molar-refractivity contribution in [2.24, 2.45) is 0 Å². The van der Waals surface area contributed by atoms with E-state index in [2.05, 4.69) is 23.5 Å². The van der Waals surface area contributed by atoms with Crippen LogP contribution >= 0.6 is 11.6 Å². The smallest absolute Gasteiger partial charge is 0.263 e. The Kier molecular flexibility index (Phi) is 5.68. The summed E-state index contributed by atoms with van der Waals surface area (Å²) in [6.07, 6.45) is 4.75. The summed E-state index contributed by atoms with van der Waals surface area (Å²) in [6.45, 7) is 1.82. The fourth-order valence-corrected chi connectivity index (χ4v) is 5.16. The van der Waals surface area contributed by atoms with E-state index < -0.39 is 16.1 Å². The Morgan fingerprint density at radius 1 is 1.17 bits per heavy atom. The number of ether oxygens (including phenoxy) is 1. The van der Waals surface area contributed by atoms with Gasteiger partial charge < -0.3 is 10.1 Å². The molecule has 0 aromatic heterocycles. The molecule has 0 saturated heterocycles. The lowest BCUT2D eigenvalue weighted by molar-refractivity contribution is -0.128. The Labute approximate surface area is 182 Å². The van der Waals surface area contributed by atoms with E-state index in [0.717, 1.165) is 24.7 Å². The molecule has 0 unspecified atom stereocenters. The highest BCUT2D eigenvalue weighted by molar-refractivity contribution is 7.92. The van der Waals surface area contributed by atoms with Gasteiger partial charge in [-0.25, -0.2) is 8.42 Å². The third-order valence-corrected chi connectivity index (χ3v) is 7.10. The number of sulfonamides is 1. The Bertz CT molecular complexity index is 1090. The molecule has 0 fully saturated rings. The highest BCUT2D eigenvalue weighted by Gasteiger charge is 2.35. The Balaban J connectivity index is 1.53. The number of nitrogens with one attached hydrogen (secondary N) is 1. The zero-order valence-corrected chi connectivity index (χ0v) is 18.6. The second kappa shape index (κ2) is 8.12. The van der Waals surface area contributed by atoms with Crippen molar-refractivity contribution in [1.29, 1.82) is 0 Å². The van der Waals surface area contributed by atoms with Crippen molar-refractivity contribution in [3.8, 4) is 5.75 Å². The summed E-state index contributed by atoms with van der Waals surface area (Å²) >= 11 is 6.02. The fourth-order valence-electron chi connectivity index (χ4n) is 4.09. The van der Waals surface area contributed by atoms with E-state index in [1.807, 2.05) is 6.92 Å². The van der Waals surface area contributed by atoms with Gasteiger partial charge >= 0.3 is 0 Å². The molecule has 160 valence electrons. The first kappa shape index (κ1) is 21.0. The lowest BCUT2D eigenvalue weighted by atomic mass is 9.89. The summed E-state index contributed by atoms with van der Waals surface area (Å²) < 4.78 is 31.6. The first-order chi connectivity index (χ1) is 14.2. The molecular weight excluding hydrogens is 424 g/mol. The molecule has 4 rings (SSSR count). The van der Waals surface area contributed by atoms with Crippen LogP contribution in [0.1, 0.15) is 42.5 Å². The van der Waals surface area contributed by atoms with Gasteiger partial charge in [0, 0.05) is 5.02 Å². The van der Waals surface area contributed by atoms with Crippen LogP contribution in [0.25, 0.3) is 0 Å². The number of hydrogen-bond acceptors (Lipinski definition) is 4. The van der Waals surface area contributed by atoms with Crippen molar-refractivity contribution in [3.05, 3.63) is 58.1 Å². The normalized spacial score (nSPS) is 19.3. The van der Waals surface area contributed by atoms with Gasteiger partial charge in [-0.15, -0.1) is 0 Å². The van der Waals surface area contributed by atoms with E-state index in [-0.39, 0.29) is 18.5 Å². The SMILES string of the molecule is C[C@@H](NC(=O)[C@@H]1CN(S(C)(=O)=O)c2cc(Cl)ccc2O1)c1ccc2c(c1)CCCC2. The Morgan fingerprint density at radius 3 is 2.63 bits per heavy atom. The van der Waals surface area contributed by atoms with E-state index in [0.29, 0.717) is 16.5 Å². The van der Waals surface area contributed by atoms with Gasteiger partial charge in [0.2, 0.25) is 10.0 Å². The van der Waals surface area contributed by atoms with E-state index in [1.54, 1.807) is 12.1 Å². The van der Waals surface area contributed by atoms with Gasteiger partial charge in [0.15, 0.2) is 6.10 Å². The quantitative estimate of drug-likeness (QED) is 0.775. The monoisotopic (exact) mass is 448 g/mol. The summed E-state index contributed by atoms with van der Waals surface area (Å²) in [5.74, 6) is -0.0351. The zero-order valence-electron chi connectivity index (χ0n) is 17.0. The van der Waals surface area contributed by atoms with Crippen molar-refractivity contribution in [3.63, 3.8) is 0 Å². The fraction of sp³-hybridized carbons (Fsp3) is 0.409. The predicted octanol–water partition coefficient (Wildman–Crippen LogP) is 3.62. The second-order valence-electron chi connectivity index (χ2n) is 7.98. The minimum absolute atomic E-state index is 0.102. The van der Waals surface area contributed by atoms with Crippen molar-refractivity contribution < 1.29 is 17.9 Å². The Hall–Kier alpha value is -2.25. The number of fused-ring (bicyclic) bond motifs is 2. The number of anilines is 1. The van der Waals surface area contributed by atoms with Crippen LogP contribution in [0.2, 0.25) is 5.02 Å². The number of carbonyl (C=O) groups is 1. The third kappa shape index (κ3) is 4.27. The summed E-state index contributed by atoms with van der Waals surface area (Å²) in [7, 11) is -3.60. The number of halogens is 1. The summed E-state index contributed by atoms with van der Waals surface area (Å²) in [5, 5.41) is 3.37. The highest BCUT2D eigenvalue weighted by Crippen LogP contribution is 2.37. The number of amides is 1. The van der Waals surface area contributed by atoms with Crippen molar-refractivity contribution in [1.82, 2.24) is 5.32 Å². The molecular formula is C22H25ClN2O4S. The van der Waals surface area contributed by atoms with Crippen LogP contribution in [0.15, 0.2) is 36.4 Å². The minimum atomic E-state index is -3.60. The van der Waals surface area contributed by atoms with Gasteiger partial charge in [-0.1, -0.05) is 29.8 Å². The number of hydrogen-bond donors (Lipinski definition) is 1. The van der Waals surface area contributed by atoms with Crippen LogP contribution in [0.5, 0.6) is 5.75 Å². The van der Waals surface area contributed by atoms with E-state index >= 15 is 0 Å². The molecule has 2 aliphatic rings. The molecule has 30 heavy (non-hydrogen) atoms. The lowest BCUT2D eigenvalue weighted by Gasteiger charge is -2.34. The lowest BCUT2D eigenvalue weighted by Crippen LogP contribution is -2.50. The number of rotatable bonds is 4. The molecule has 1 aliphatic heterocycles. The molecule has 2 aromatic rings. The first-order valence-corrected chi connectivity index (χ1v) is 12.3. The van der Waals surface area contributed by atoms with Crippen LogP contribution in [0.4, 0.5) is 5.69 Å². The largest absolute Gasteiger partial charge is 0.476 e. The van der Waals surface area contributed by atoms with Crippen LogP contribution in [0, 0.1) is 0 Å². The number of benzene rings is 2. The molecule has 0 spiro atoms. The molecule has 8 heteroatoms. The van der Waals surface area contributed by atoms with Crippen LogP contribution in [-0.4, -0.2) is 33.2 Å². The zero-order chi connectivity index (χ0) is 21.5. The highest BCUT2D eigenvalue weighted by atomic mass is 35.5. The number of aryl methyl sites for hydroxylation is 2. The maximum absolute atomic E-state index is 12.9. The molecule has 2 aromatic carbocycles. The Morgan fingerprint density at radius 2 is 1.90 bits per heavy atom.